The number of hydrogen-bond acceptors (Lipinski definition) is 4. The number of para-hydroxylation sites is 1. The Morgan fingerprint density at radius 2 is 1.82 bits per heavy atom. The zero-order valence-corrected chi connectivity index (χ0v) is 13.0. The molecule has 0 unspecified atom stereocenters. The van der Waals surface area contributed by atoms with Gasteiger partial charge in [0.15, 0.2) is 0 Å². The predicted octanol–water partition coefficient (Wildman–Crippen LogP) is 3.06. The highest BCUT2D eigenvalue weighted by Crippen LogP contribution is 2.28. The van der Waals surface area contributed by atoms with Crippen molar-refractivity contribution in [3.63, 3.8) is 0 Å². The molecule has 1 amide bonds. The fourth-order valence-corrected chi connectivity index (χ4v) is 2.04. The maximum Gasteiger partial charge on any atom is 0.243 e. The van der Waals surface area contributed by atoms with Gasteiger partial charge < -0.3 is 20.1 Å². The van der Waals surface area contributed by atoms with Gasteiger partial charge in [-0.05, 0) is 30.7 Å². The highest BCUT2D eigenvalue weighted by molar-refractivity contribution is 5.94. The minimum Gasteiger partial charge on any atom is -0.497 e. The van der Waals surface area contributed by atoms with Crippen LogP contribution in [0.5, 0.6) is 11.5 Å². The molecule has 0 saturated carbocycles. The number of carbonyl (C=O) groups is 1. The SMILES string of the molecule is COc1ccc(OC)c(NCC(=O)Nc2ccccc2C)c1. The van der Waals surface area contributed by atoms with Crippen LogP contribution in [-0.2, 0) is 4.79 Å². The molecule has 0 aliphatic carbocycles. The molecule has 0 aliphatic rings. The molecule has 2 aromatic carbocycles. The number of amides is 1. The van der Waals surface area contributed by atoms with Crippen LogP contribution in [0.15, 0.2) is 42.5 Å². The van der Waals surface area contributed by atoms with E-state index < -0.39 is 0 Å². The van der Waals surface area contributed by atoms with Gasteiger partial charge in [-0.3, -0.25) is 4.79 Å². The number of ether oxygens (including phenoxy) is 2. The summed E-state index contributed by atoms with van der Waals surface area (Å²) < 4.78 is 10.4. The molecule has 5 heteroatoms. The summed E-state index contributed by atoms with van der Waals surface area (Å²) >= 11 is 0. The Balaban J connectivity index is 2.00. The summed E-state index contributed by atoms with van der Waals surface area (Å²) in [4.78, 5) is 12.0. The second-order valence-electron chi connectivity index (χ2n) is 4.78. The molecule has 0 saturated heterocycles. The highest BCUT2D eigenvalue weighted by atomic mass is 16.5. The molecule has 116 valence electrons. The normalized spacial score (nSPS) is 9.95. The van der Waals surface area contributed by atoms with E-state index in [0.717, 1.165) is 11.3 Å². The lowest BCUT2D eigenvalue weighted by Gasteiger charge is -2.13. The summed E-state index contributed by atoms with van der Waals surface area (Å²) in [6.45, 7) is 2.09. The summed E-state index contributed by atoms with van der Waals surface area (Å²) in [5.74, 6) is 1.23. The molecule has 2 N–H and O–H groups in total. The third-order valence-electron chi connectivity index (χ3n) is 3.27. The lowest BCUT2D eigenvalue weighted by atomic mass is 10.2. The molecular weight excluding hydrogens is 280 g/mol. The highest BCUT2D eigenvalue weighted by Gasteiger charge is 2.08. The van der Waals surface area contributed by atoms with Gasteiger partial charge in [0.1, 0.15) is 11.5 Å². The summed E-state index contributed by atoms with van der Waals surface area (Å²) in [5.41, 5.74) is 2.54. The standard InChI is InChI=1S/C17H20N2O3/c1-12-6-4-5-7-14(12)19-17(20)11-18-15-10-13(21-2)8-9-16(15)22-3/h4-10,18H,11H2,1-3H3,(H,19,20). The van der Waals surface area contributed by atoms with Gasteiger partial charge in [0, 0.05) is 11.8 Å². The molecule has 0 atom stereocenters. The first kappa shape index (κ1) is 15.7. The number of methoxy groups -OCH3 is 2. The van der Waals surface area contributed by atoms with Crippen molar-refractivity contribution >= 4 is 17.3 Å². The van der Waals surface area contributed by atoms with Crippen LogP contribution < -0.4 is 20.1 Å². The van der Waals surface area contributed by atoms with Crippen molar-refractivity contribution in [2.45, 2.75) is 6.92 Å². The van der Waals surface area contributed by atoms with Crippen LogP contribution in [0.25, 0.3) is 0 Å². The largest absolute Gasteiger partial charge is 0.497 e. The van der Waals surface area contributed by atoms with Gasteiger partial charge in [0.05, 0.1) is 26.5 Å². The molecular formula is C17H20N2O3. The molecule has 2 rings (SSSR count). The minimum absolute atomic E-state index is 0.126. The Labute approximate surface area is 130 Å². The molecule has 0 bridgehead atoms. The molecule has 0 spiro atoms. The van der Waals surface area contributed by atoms with E-state index in [9.17, 15) is 4.79 Å². The number of nitrogens with one attached hydrogen (secondary N) is 2. The van der Waals surface area contributed by atoms with E-state index in [0.29, 0.717) is 17.2 Å². The number of aryl methyl sites for hydroxylation is 1. The van der Waals surface area contributed by atoms with E-state index in [4.69, 9.17) is 9.47 Å². The van der Waals surface area contributed by atoms with Gasteiger partial charge in [0.25, 0.3) is 0 Å². The zero-order valence-electron chi connectivity index (χ0n) is 13.0. The first-order valence-electron chi connectivity index (χ1n) is 6.95. The van der Waals surface area contributed by atoms with E-state index in [1.807, 2.05) is 31.2 Å². The number of rotatable bonds is 6. The molecule has 2 aromatic rings. The van der Waals surface area contributed by atoms with Crippen molar-refractivity contribution in [2.75, 3.05) is 31.4 Å². The fourth-order valence-electron chi connectivity index (χ4n) is 2.04. The Bertz CT molecular complexity index is 656. The molecule has 0 aromatic heterocycles. The van der Waals surface area contributed by atoms with Crippen LogP contribution in [0.4, 0.5) is 11.4 Å². The molecule has 22 heavy (non-hydrogen) atoms. The van der Waals surface area contributed by atoms with Crippen LogP contribution >= 0.6 is 0 Å². The Morgan fingerprint density at radius 3 is 2.50 bits per heavy atom. The van der Waals surface area contributed by atoms with Gasteiger partial charge in [0.2, 0.25) is 5.91 Å². The maximum absolute atomic E-state index is 12.0. The Kier molecular flexibility index (Phi) is 5.25. The van der Waals surface area contributed by atoms with Crippen LogP contribution in [0, 0.1) is 6.92 Å². The summed E-state index contributed by atoms with van der Waals surface area (Å²) in [6.07, 6.45) is 0. The molecule has 0 aliphatic heterocycles. The van der Waals surface area contributed by atoms with E-state index in [2.05, 4.69) is 10.6 Å². The van der Waals surface area contributed by atoms with Crippen LogP contribution in [0.1, 0.15) is 5.56 Å². The van der Waals surface area contributed by atoms with Crippen molar-refractivity contribution in [1.29, 1.82) is 0 Å². The van der Waals surface area contributed by atoms with Gasteiger partial charge in [-0.25, -0.2) is 0 Å². The van der Waals surface area contributed by atoms with E-state index in [1.165, 1.54) is 0 Å². The number of benzene rings is 2. The Hall–Kier alpha value is -2.69. The third-order valence-corrected chi connectivity index (χ3v) is 3.27. The zero-order chi connectivity index (χ0) is 15.9. The fraction of sp³-hybridized carbons (Fsp3) is 0.235. The topological polar surface area (TPSA) is 59.6 Å². The van der Waals surface area contributed by atoms with E-state index >= 15 is 0 Å². The van der Waals surface area contributed by atoms with Gasteiger partial charge in [-0.15, -0.1) is 0 Å². The molecule has 0 radical (unpaired) electrons. The second-order valence-corrected chi connectivity index (χ2v) is 4.78. The smallest absolute Gasteiger partial charge is 0.243 e. The van der Waals surface area contributed by atoms with Crippen LogP contribution in [0.3, 0.4) is 0 Å². The number of hydrogen-bond donors (Lipinski definition) is 2. The minimum atomic E-state index is -0.126. The van der Waals surface area contributed by atoms with E-state index in [1.54, 1.807) is 32.4 Å². The first-order valence-corrected chi connectivity index (χ1v) is 6.95. The van der Waals surface area contributed by atoms with Gasteiger partial charge >= 0.3 is 0 Å². The van der Waals surface area contributed by atoms with Crippen molar-refractivity contribution < 1.29 is 14.3 Å². The molecule has 5 nitrogen and oxygen atoms in total. The molecule has 0 fully saturated rings. The maximum atomic E-state index is 12.0. The number of carbonyl (C=O) groups excluding carboxylic acids is 1. The lowest BCUT2D eigenvalue weighted by molar-refractivity contribution is -0.114. The Morgan fingerprint density at radius 1 is 1.05 bits per heavy atom. The van der Waals surface area contributed by atoms with E-state index in [-0.39, 0.29) is 12.5 Å². The average Bonchev–Trinajstić information content (AvgIpc) is 2.54. The van der Waals surface area contributed by atoms with Gasteiger partial charge in [-0.1, -0.05) is 18.2 Å². The van der Waals surface area contributed by atoms with Crippen molar-refractivity contribution in [2.24, 2.45) is 0 Å². The average molecular weight is 300 g/mol. The summed E-state index contributed by atoms with van der Waals surface area (Å²) in [6, 6.07) is 13.0. The van der Waals surface area contributed by atoms with Crippen LogP contribution in [0.2, 0.25) is 0 Å². The summed E-state index contributed by atoms with van der Waals surface area (Å²) in [7, 11) is 3.18. The summed E-state index contributed by atoms with van der Waals surface area (Å²) in [5, 5.41) is 5.93. The first-order chi connectivity index (χ1) is 10.6. The number of anilines is 2. The second kappa shape index (κ2) is 7.36. The van der Waals surface area contributed by atoms with Crippen molar-refractivity contribution in [1.82, 2.24) is 0 Å². The quantitative estimate of drug-likeness (QED) is 0.861. The lowest BCUT2D eigenvalue weighted by Crippen LogP contribution is -2.22. The predicted molar refractivity (Wildman–Crippen MR) is 87.8 cm³/mol. The molecule has 0 heterocycles. The van der Waals surface area contributed by atoms with Gasteiger partial charge in [-0.2, -0.15) is 0 Å². The monoisotopic (exact) mass is 300 g/mol. The van der Waals surface area contributed by atoms with Crippen LogP contribution in [-0.4, -0.2) is 26.7 Å². The van der Waals surface area contributed by atoms with Crippen molar-refractivity contribution in [3.05, 3.63) is 48.0 Å². The third kappa shape index (κ3) is 3.91. The van der Waals surface area contributed by atoms with Crippen molar-refractivity contribution in [3.8, 4) is 11.5 Å².